The minimum atomic E-state index is -1.05. The molecule has 0 bridgehead atoms. The topological polar surface area (TPSA) is 58.1 Å². The minimum absolute atomic E-state index is 0.195. The fourth-order valence-electron chi connectivity index (χ4n) is 1.61. The highest BCUT2D eigenvalue weighted by Crippen LogP contribution is 2.26. The predicted molar refractivity (Wildman–Crippen MR) is 65.8 cm³/mol. The first-order chi connectivity index (χ1) is 8.41. The van der Waals surface area contributed by atoms with Crippen LogP contribution in [0.1, 0.15) is 19.7 Å². The van der Waals surface area contributed by atoms with E-state index in [1.807, 2.05) is 0 Å². The first-order valence-corrected chi connectivity index (χ1v) is 5.53. The summed E-state index contributed by atoms with van der Waals surface area (Å²) in [4.78, 5) is 7.04. The van der Waals surface area contributed by atoms with Crippen molar-refractivity contribution in [3.8, 4) is 17.0 Å². The van der Waals surface area contributed by atoms with E-state index in [9.17, 15) is 9.50 Å². The van der Waals surface area contributed by atoms with Crippen molar-refractivity contribution in [2.75, 3.05) is 7.11 Å². The quantitative estimate of drug-likeness (QED) is 0.879. The van der Waals surface area contributed by atoms with Crippen LogP contribution in [-0.2, 0) is 5.60 Å². The van der Waals surface area contributed by atoms with Crippen molar-refractivity contribution in [3.63, 3.8) is 0 Å². The number of methoxy groups -OCH3 is 1. The fraction of sp³-hybridized carbons (Fsp3) is 0.308. The molecule has 0 aliphatic heterocycles. The van der Waals surface area contributed by atoms with Crippen molar-refractivity contribution in [2.24, 2.45) is 0 Å². The molecule has 0 aliphatic carbocycles. The molecule has 2 aromatic rings. The van der Waals surface area contributed by atoms with E-state index in [1.54, 1.807) is 32.2 Å². The molecule has 0 amide bonds. The Kier molecular flexibility index (Phi) is 3.09. The van der Waals surface area contributed by atoms with Gasteiger partial charge in [0.15, 0.2) is 11.6 Å². The summed E-state index contributed by atoms with van der Waals surface area (Å²) in [5.41, 5.74) is 0.244. The molecule has 0 spiro atoms. The van der Waals surface area contributed by atoms with E-state index in [0.717, 1.165) is 0 Å². The summed E-state index contributed by atoms with van der Waals surface area (Å²) in [5.74, 6) is 0.198. The molecule has 2 rings (SSSR count). The second-order valence-corrected chi connectivity index (χ2v) is 4.55. The van der Waals surface area contributed by atoms with Crippen LogP contribution in [0.25, 0.3) is 11.3 Å². The van der Waals surface area contributed by atoms with Gasteiger partial charge in [0.1, 0.15) is 11.4 Å². The fourth-order valence-corrected chi connectivity index (χ4v) is 1.61. The molecule has 0 fully saturated rings. The zero-order chi connectivity index (χ0) is 13.3. The van der Waals surface area contributed by atoms with E-state index in [0.29, 0.717) is 17.1 Å². The molecule has 0 saturated carbocycles. The molecule has 1 heterocycles. The number of aliphatic hydroxyl groups is 1. The predicted octanol–water partition coefficient (Wildman–Crippen LogP) is 2.45. The molecule has 0 atom stereocenters. The first kappa shape index (κ1) is 12.6. The second-order valence-electron chi connectivity index (χ2n) is 4.55. The van der Waals surface area contributed by atoms with E-state index in [4.69, 9.17) is 4.74 Å². The van der Waals surface area contributed by atoms with Gasteiger partial charge in [-0.3, -0.25) is 0 Å². The summed E-state index contributed by atoms with van der Waals surface area (Å²) in [6.07, 6.45) is 1.56. The maximum absolute atomic E-state index is 13.6. The van der Waals surface area contributed by atoms with Gasteiger partial charge < -0.3 is 14.8 Å². The van der Waals surface area contributed by atoms with Crippen LogP contribution in [0.5, 0.6) is 5.75 Å². The van der Waals surface area contributed by atoms with E-state index < -0.39 is 11.4 Å². The molecule has 18 heavy (non-hydrogen) atoms. The summed E-state index contributed by atoms with van der Waals surface area (Å²) in [6, 6.07) is 4.64. The lowest BCUT2D eigenvalue weighted by molar-refractivity contribution is 0.0697. The number of imidazole rings is 1. The van der Waals surface area contributed by atoms with Crippen LogP contribution >= 0.6 is 0 Å². The van der Waals surface area contributed by atoms with Gasteiger partial charge in [-0.2, -0.15) is 0 Å². The van der Waals surface area contributed by atoms with Crippen molar-refractivity contribution < 1.29 is 14.2 Å². The molecular weight excluding hydrogens is 235 g/mol. The third-order valence-corrected chi connectivity index (χ3v) is 2.62. The lowest BCUT2D eigenvalue weighted by Crippen LogP contribution is -2.17. The minimum Gasteiger partial charge on any atom is -0.494 e. The number of aromatic amines is 1. The highest BCUT2D eigenvalue weighted by molar-refractivity contribution is 5.60. The number of hydrogen-bond acceptors (Lipinski definition) is 3. The molecule has 5 heteroatoms. The van der Waals surface area contributed by atoms with Crippen LogP contribution in [0.2, 0.25) is 0 Å². The van der Waals surface area contributed by atoms with Crippen LogP contribution < -0.4 is 4.74 Å². The van der Waals surface area contributed by atoms with Gasteiger partial charge in [-0.05, 0) is 32.0 Å². The normalized spacial score (nSPS) is 11.6. The van der Waals surface area contributed by atoms with Gasteiger partial charge in [0.25, 0.3) is 0 Å². The van der Waals surface area contributed by atoms with E-state index in [1.165, 1.54) is 13.2 Å². The Morgan fingerprint density at radius 1 is 1.39 bits per heavy atom. The molecule has 1 aromatic heterocycles. The standard InChI is InChI=1S/C13H15FN2O2/c1-13(2,17)12-15-7-10(16-12)8-4-5-11(18-3)9(14)6-8/h4-7,17H,1-3H3,(H,15,16). The van der Waals surface area contributed by atoms with Crippen molar-refractivity contribution in [1.29, 1.82) is 0 Å². The Morgan fingerprint density at radius 3 is 2.61 bits per heavy atom. The van der Waals surface area contributed by atoms with Gasteiger partial charge in [-0.25, -0.2) is 9.37 Å². The third-order valence-electron chi connectivity index (χ3n) is 2.62. The number of ether oxygens (including phenoxy) is 1. The summed E-state index contributed by atoms with van der Waals surface area (Å²) in [7, 11) is 1.42. The molecule has 4 nitrogen and oxygen atoms in total. The van der Waals surface area contributed by atoms with E-state index in [2.05, 4.69) is 9.97 Å². The Morgan fingerprint density at radius 2 is 2.11 bits per heavy atom. The highest BCUT2D eigenvalue weighted by Gasteiger charge is 2.20. The molecule has 96 valence electrons. The van der Waals surface area contributed by atoms with Crippen molar-refractivity contribution in [1.82, 2.24) is 9.97 Å². The zero-order valence-electron chi connectivity index (χ0n) is 10.5. The van der Waals surface area contributed by atoms with E-state index in [-0.39, 0.29) is 5.75 Å². The Bertz CT molecular complexity index is 558. The van der Waals surface area contributed by atoms with Gasteiger partial charge >= 0.3 is 0 Å². The average Bonchev–Trinajstić information content (AvgIpc) is 2.77. The van der Waals surface area contributed by atoms with E-state index >= 15 is 0 Å². The maximum Gasteiger partial charge on any atom is 0.165 e. The van der Waals surface area contributed by atoms with Crippen LogP contribution in [0.15, 0.2) is 24.4 Å². The summed E-state index contributed by atoms with van der Waals surface area (Å²) >= 11 is 0. The first-order valence-electron chi connectivity index (χ1n) is 5.53. The molecule has 0 unspecified atom stereocenters. The van der Waals surface area contributed by atoms with Crippen LogP contribution in [-0.4, -0.2) is 22.2 Å². The third kappa shape index (κ3) is 2.36. The van der Waals surface area contributed by atoms with Crippen LogP contribution in [0.4, 0.5) is 4.39 Å². The molecular formula is C13H15FN2O2. The van der Waals surface area contributed by atoms with Gasteiger partial charge in [-0.15, -0.1) is 0 Å². The smallest absolute Gasteiger partial charge is 0.165 e. The number of nitrogens with one attached hydrogen (secondary N) is 1. The number of nitrogens with zero attached hydrogens (tertiary/aromatic N) is 1. The zero-order valence-corrected chi connectivity index (χ0v) is 10.5. The monoisotopic (exact) mass is 250 g/mol. The van der Waals surface area contributed by atoms with Gasteiger partial charge in [0.2, 0.25) is 0 Å². The van der Waals surface area contributed by atoms with Crippen LogP contribution in [0.3, 0.4) is 0 Å². The average molecular weight is 250 g/mol. The summed E-state index contributed by atoms with van der Waals surface area (Å²) in [5, 5.41) is 9.80. The lowest BCUT2D eigenvalue weighted by atomic mass is 10.1. The summed E-state index contributed by atoms with van der Waals surface area (Å²) in [6.45, 7) is 3.26. The number of benzene rings is 1. The molecule has 2 N–H and O–H groups in total. The SMILES string of the molecule is COc1ccc(-c2cnc(C(C)(C)O)[nH]2)cc1F. The van der Waals surface area contributed by atoms with Crippen molar-refractivity contribution in [3.05, 3.63) is 36.0 Å². The second kappa shape index (κ2) is 4.42. The Hall–Kier alpha value is -1.88. The number of aromatic nitrogens is 2. The lowest BCUT2D eigenvalue weighted by Gasteiger charge is -2.13. The molecule has 1 aromatic carbocycles. The molecule has 0 aliphatic rings. The maximum atomic E-state index is 13.6. The van der Waals surface area contributed by atoms with Crippen molar-refractivity contribution >= 4 is 0 Å². The van der Waals surface area contributed by atoms with Gasteiger partial charge in [0, 0.05) is 5.56 Å². The number of H-pyrrole nitrogens is 1. The van der Waals surface area contributed by atoms with Crippen LogP contribution in [0, 0.1) is 5.82 Å². The highest BCUT2D eigenvalue weighted by atomic mass is 19.1. The summed E-state index contributed by atoms with van der Waals surface area (Å²) < 4.78 is 18.4. The number of halogens is 1. The largest absolute Gasteiger partial charge is 0.494 e. The molecule has 0 saturated heterocycles. The Balaban J connectivity index is 2.38. The Labute approximate surface area is 104 Å². The number of hydrogen-bond donors (Lipinski definition) is 2. The van der Waals surface area contributed by atoms with Gasteiger partial charge in [0.05, 0.1) is 19.0 Å². The number of rotatable bonds is 3. The molecule has 0 radical (unpaired) electrons. The van der Waals surface area contributed by atoms with Gasteiger partial charge in [-0.1, -0.05) is 0 Å². The van der Waals surface area contributed by atoms with Crippen molar-refractivity contribution in [2.45, 2.75) is 19.4 Å².